The highest BCUT2D eigenvalue weighted by Crippen LogP contribution is 2.35. The van der Waals surface area contributed by atoms with E-state index in [4.69, 9.17) is 5.73 Å². The van der Waals surface area contributed by atoms with Gasteiger partial charge in [0, 0.05) is 0 Å². The zero-order valence-corrected chi connectivity index (χ0v) is 10.7. The lowest BCUT2D eigenvalue weighted by Crippen LogP contribution is -2.41. The van der Waals surface area contributed by atoms with E-state index in [0.717, 1.165) is 25.7 Å². The molecule has 0 heterocycles. The number of hydrogen-bond donors (Lipinski definition) is 2. The summed E-state index contributed by atoms with van der Waals surface area (Å²) in [4.78, 5) is 0. The Morgan fingerprint density at radius 3 is 2.33 bits per heavy atom. The van der Waals surface area contributed by atoms with Crippen molar-refractivity contribution in [3.63, 3.8) is 0 Å². The summed E-state index contributed by atoms with van der Waals surface area (Å²) in [6, 6.07) is 5.78. The monoisotopic (exact) mass is 251 g/mol. The van der Waals surface area contributed by atoms with Crippen LogP contribution in [0.25, 0.3) is 0 Å². The number of rotatable bonds is 2. The first-order valence-corrected chi connectivity index (χ1v) is 6.85. The molecule has 3 heteroatoms. The topological polar surface area (TPSA) is 46.2 Å². The summed E-state index contributed by atoms with van der Waals surface area (Å²) in [5.41, 5.74) is 5.99. The summed E-state index contributed by atoms with van der Waals surface area (Å²) in [7, 11) is 0. The fourth-order valence-electron chi connectivity index (χ4n) is 2.84. The first-order chi connectivity index (χ1) is 8.62. The lowest BCUT2D eigenvalue weighted by Gasteiger charge is -2.35. The average Bonchev–Trinajstić information content (AvgIpc) is 2.33. The van der Waals surface area contributed by atoms with Crippen molar-refractivity contribution in [2.24, 2.45) is 5.73 Å². The van der Waals surface area contributed by atoms with E-state index in [9.17, 15) is 9.50 Å². The third kappa shape index (κ3) is 3.09. The van der Waals surface area contributed by atoms with Gasteiger partial charge in [0.2, 0.25) is 0 Å². The third-order valence-electron chi connectivity index (χ3n) is 4.01. The van der Waals surface area contributed by atoms with E-state index < -0.39 is 11.6 Å². The van der Waals surface area contributed by atoms with Gasteiger partial charge in [0.05, 0.1) is 11.6 Å². The second-order valence-electron chi connectivity index (χ2n) is 5.40. The molecule has 1 saturated carbocycles. The van der Waals surface area contributed by atoms with Crippen LogP contribution in [0.15, 0.2) is 24.3 Å². The summed E-state index contributed by atoms with van der Waals surface area (Å²) < 4.78 is 13.2. The van der Waals surface area contributed by atoms with Crippen LogP contribution in [0, 0.1) is 5.82 Å². The van der Waals surface area contributed by atoms with Crippen molar-refractivity contribution < 1.29 is 9.50 Å². The van der Waals surface area contributed by atoms with E-state index in [1.807, 2.05) is 0 Å². The minimum atomic E-state index is -0.881. The summed E-state index contributed by atoms with van der Waals surface area (Å²) in [5, 5.41) is 10.7. The molecule has 1 unspecified atom stereocenters. The number of nitrogens with two attached hydrogens (primary N) is 1. The molecule has 1 aromatic rings. The average molecular weight is 251 g/mol. The van der Waals surface area contributed by atoms with E-state index in [1.54, 1.807) is 12.1 Å². The number of halogens is 1. The van der Waals surface area contributed by atoms with Gasteiger partial charge in [-0.2, -0.15) is 0 Å². The van der Waals surface area contributed by atoms with Gasteiger partial charge in [0.15, 0.2) is 0 Å². The minimum Gasteiger partial charge on any atom is -0.388 e. The molecule has 1 atom stereocenters. The van der Waals surface area contributed by atoms with Crippen LogP contribution in [0.1, 0.15) is 56.6 Å². The van der Waals surface area contributed by atoms with Crippen molar-refractivity contribution in [1.29, 1.82) is 0 Å². The first kappa shape index (κ1) is 13.5. The molecule has 0 amide bonds. The molecule has 0 spiro atoms. The Labute approximate surface area is 108 Å². The zero-order chi connectivity index (χ0) is 13.0. The molecule has 18 heavy (non-hydrogen) atoms. The minimum absolute atomic E-state index is 0.294. The van der Waals surface area contributed by atoms with Gasteiger partial charge in [-0.1, -0.05) is 44.2 Å². The predicted octanol–water partition coefficient (Wildman–Crippen LogP) is 3.30. The molecule has 0 aromatic heterocycles. The zero-order valence-electron chi connectivity index (χ0n) is 10.7. The van der Waals surface area contributed by atoms with E-state index >= 15 is 0 Å². The van der Waals surface area contributed by atoms with Gasteiger partial charge in [0.1, 0.15) is 5.82 Å². The quantitative estimate of drug-likeness (QED) is 0.847. The molecule has 1 aliphatic rings. The number of benzene rings is 1. The maximum absolute atomic E-state index is 13.2. The fraction of sp³-hybridized carbons (Fsp3) is 0.600. The Morgan fingerprint density at radius 1 is 1.11 bits per heavy atom. The predicted molar refractivity (Wildman–Crippen MR) is 70.6 cm³/mol. The smallest absolute Gasteiger partial charge is 0.123 e. The Bertz CT molecular complexity index is 386. The largest absolute Gasteiger partial charge is 0.388 e. The van der Waals surface area contributed by atoms with Crippen molar-refractivity contribution in [3.8, 4) is 0 Å². The highest BCUT2D eigenvalue weighted by atomic mass is 19.1. The molecule has 2 rings (SSSR count). The van der Waals surface area contributed by atoms with E-state index in [1.165, 1.54) is 18.6 Å². The number of aliphatic hydroxyl groups is 1. The maximum Gasteiger partial charge on any atom is 0.123 e. The van der Waals surface area contributed by atoms with Crippen LogP contribution in [0.2, 0.25) is 0 Å². The van der Waals surface area contributed by atoms with Gasteiger partial charge in [-0.25, -0.2) is 4.39 Å². The van der Waals surface area contributed by atoms with E-state index in [2.05, 4.69) is 0 Å². The molecule has 1 aromatic carbocycles. The summed E-state index contributed by atoms with van der Waals surface area (Å²) in [6.07, 6.45) is 6.97. The van der Waals surface area contributed by atoms with Crippen LogP contribution in [-0.2, 0) is 0 Å². The molecule has 3 N–H and O–H groups in total. The van der Waals surface area contributed by atoms with Gasteiger partial charge in [-0.15, -0.1) is 0 Å². The molecule has 100 valence electrons. The van der Waals surface area contributed by atoms with Crippen molar-refractivity contribution in [1.82, 2.24) is 0 Å². The van der Waals surface area contributed by atoms with Crippen LogP contribution in [0.5, 0.6) is 0 Å². The van der Waals surface area contributed by atoms with Gasteiger partial charge in [-0.05, 0) is 30.5 Å². The normalized spacial score (nSPS) is 21.9. The molecule has 1 aliphatic carbocycles. The standard InChI is InChI=1S/C15H22FNO/c16-13-8-6-7-12(11-13)14(17)15(18)9-4-2-1-3-5-10-15/h6-8,11,14,18H,1-5,9-10,17H2. The Morgan fingerprint density at radius 2 is 1.72 bits per heavy atom. The summed E-state index contributed by atoms with van der Waals surface area (Å²) in [5.74, 6) is -0.294. The summed E-state index contributed by atoms with van der Waals surface area (Å²) in [6.45, 7) is 0. The highest BCUT2D eigenvalue weighted by Gasteiger charge is 2.35. The lowest BCUT2D eigenvalue weighted by atomic mass is 9.79. The molecular formula is C15H22FNO. The molecule has 2 nitrogen and oxygen atoms in total. The van der Waals surface area contributed by atoms with Crippen LogP contribution in [0.3, 0.4) is 0 Å². The van der Waals surface area contributed by atoms with Crippen LogP contribution in [-0.4, -0.2) is 10.7 Å². The number of hydrogen-bond acceptors (Lipinski definition) is 2. The second kappa shape index (κ2) is 5.81. The van der Waals surface area contributed by atoms with Crippen molar-refractivity contribution >= 4 is 0 Å². The third-order valence-corrected chi connectivity index (χ3v) is 4.01. The van der Waals surface area contributed by atoms with E-state index in [-0.39, 0.29) is 5.82 Å². The molecular weight excluding hydrogens is 229 g/mol. The van der Waals surface area contributed by atoms with Crippen molar-refractivity contribution in [2.75, 3.05) is 0 Å². The SMILES string of the molecule is NC(c1cccc(F)c1)C1(O)CCCCCCC1. The molecule has 0 aliphatic heterocycles. The van der Waals surface area contributed by atoms with Crippen molar-refractivity contribution in [2.45, 2.75) is 56.6 Å². The summed E-state index contributed by atoms with van der Waals surface area (Å²) >= 11 is 0. The van der Waals surface area contributed by atoms with Crippen molar-refractivity contribution in [3.05, 3.63) is 35.6 Å². The Kier molecular flexibility index (Phi) is 4.36. The van der Waals surface area contributed by atoms with E-state index in [0.29, 0.717) is 18.4 Å². The molecule has 0 bridgehead atoms. The van der Waals surface area contributed by atoms with Crippen LogP contribution in [0.4, 0.5) is 4.39 Å². The molecule has 0 radical (unpaired) electrons. The Hall–Kier alpha value is -0.930. The molecule has 1 fully saturated rings. The van der Waals surface area contributed by atoms with Gasteiger partial charge < -0.3 is 10.8 Å². The van der Waals surface area contributed by atoms with Gasteiger partial charge in [0.25, 0.3) is 0 Å². The first-order valence-electron chi connectivity index (χ1n) is 6.85. The van der Waals surface area contributed by atoms with Crippen LogP contribution >= 0.6 is 0 Å². The van der Waals surface area contributed by atoms with Gasteiger partial charge in [-0.3, -0.25) is 0 Å². The maximum atomic E-state index is 13.2. The lowest BCUT2D eigenvalue weighted by molar-refractivity contribution is -0.0110. The highest BCUT2D eigenvalue weighted by molar-refractivity contribution is 5.22. The second-order valence-corrected chi connectivity index (χ2v) is 5.40. The molecule has 0 saturated heterocycles. The fourth-order valence-corrected chi connectivity index (χ4v) is 2.84. The van der Waals surface area contributed by atoms with Gasteiger partial charge >= 0.3 is 0 Å². The Balaban J connectivity index is 2.16. The van der Waals surface area contributed by atoms with Crippen LogP contribution < -0.4 is 5.73 Å².